The molecule has 29 heavy (non-hydrogen) atoms. The Morgan fingerprint density at radius 2 is 1.90 bits per heavy atom. The standard InChI is InChI=1S/C24H32N2O3/c1-3-29-23(27)15-17-26-16-9-13-21(24(26)19-10-5-4-6-11-19)25-18-20-12-7-8-14-22(20)28-2/h4-8,10-12,14,21,24-25H,3,9,13,15-18H2,1-2H3. The summed E-state index contributed by atoms with van der Waals surface area (Å²) in [5.41, 5.74) is 2.44. The maximum atomic E-state index is 11.9. The van der Waals surface area contributed by atoms with Crippen LogP contribution in [0.2, 0.25) is 0 Å². The molecule has 3 rings (SSSR count). The summed E-state index contributed by atoms with van der Waals surface area (Å²) < 4.78 is 10.6. The fraction of sp³-hybridized carbons (Fsp3) is 0.458. The van der Waals surface area contributed by atoms with E-state index < -0.39 is 0 Å². The predicted octanol–water partition coefficient (Wildman–Crippen LogP) is 3.94. The van der Waals surface area contributed by atoms with Gasteiger partial charge in [0.15, 0.2) is 0 Å². The topological polar surface area (TPSA) is 50.8 Å². The first-order chi connectivity index (χ1) is 14.2. The third-order valence-electron chi connectivity index (χ3n) is 5.53. The number of esters is 1. The minimum Gasteiger partial charge on any atom is -0.496 e. The summed E-state index contributed by atoms with van der Waals surface area (Å²) in [6.45, 7) is 4.74. The van der Waals surface area contributed by atoms with Crippen molar-refractivity contribution in [3.05, 3.63) is 65.7 Å². The van der Waals surface area contributed by atoms with Gasteiger partial charge in [0.2, 0.25) is 0 Å². The summed E-state index contributed by atoms with van der Waals surface area (Å²) in [6, 6.07) is 19.3. The van der Waals surface area contributed by atoms with Gasteiger partial charge in [-0.1, -0.05) is 48.5 Å². The Kier molecular flexibility index (Phi) is 8.08. The molecule has 0 aromatic heterocycles. The lowest BCUT2D eigenvalue weighted by atomic mass is 9.90. The van der Waals surface area contributed by atoms with E-state index >= 15 is 0 Å². The number of carbonyl (C=O) groups is 1. The van der Waals surface area contributed by atoms with E-state index in [0.717, 1.165) is 37.2 Å². The second kappa shape index (κ2) is 11.0. The van der Waals surface area contributed by atoms with Crippen LogP contribution in [0.5, 0.6) is 5.75 Å². The zero-order chi connectivity index (χ0) is 20.5. The number of carbonyl (C=O) groups excluding carboxylic acids is 1. The van der Waals surface area contributed by atoms with Crippen molar-refractivity contribution in [3.63, 3.8) is 0 Å². The number of ether oxygens (including phenoxy) is 2. The van der Waals surface area contributed by atoms with E-state index in [2.05, 4.69) is 40.5 Å². The van der Waals surface area contributed by atoms with Crippen molar-refractivity contribution in [2.24, 2.45) is 0 Å². The van der Waals surface area contributed by atoms with Crippen molar-refractivity contribution in [1.29, 1.82) is 0 Å². The number of hydrogen-bond acceptors (Lipinski definition) is 5. The van der Waals surface area contributed by atoms with Gasteiger partial charge >= 0.3 is 5.97 Å². The third-order valence-corrected chi connectivity index (χ3v) is 5.53. The molecule has 1 aliphatic heterocycles. The highest BCUT2D eigenvalue weighted by atomic mass is 16.5. The van der Waals surface area contributed by atoms with E-state index in [9.17, 15) is 4.79 Å². The fourth-order valence-corrected chi connectivity index (χ4v) is 4.18. The van der Waals surface area contributed by atoms with E-state index in [1.165, 1.54) is 5.56 Å². The Bertz CT molecular complexity index is 766. The van der Waals surface area contributed by atoms with Crippen LogP contribution in [0.3, 0.4) is 0 Å². The van der Waals surface area contributed by atoms with Gasteiger partial charge in [0.05, 0.1) is 26.2 Å². The number of nitrogens with zero attached hydrogens (tertiary/aromatic N) is 1. The van der Waals surface area contributed by atoms with E-state index in [1.54, 1.807) is 7.11 Å². The van der Waals surface area contributed by atoms with Gasteiger partial charge in [-0.3, -0.25) is 9.69 Å². The van der Waals surface area contributed by atoms with E-state index in [1.807, 2.05) is 31.2 Å². The average molecular weight is 397 g/mol. The van der Waals surface area contributed by atoms with Crippen LogP contribution in [0.1, 0.15) is 43.4 Å². The number of benzene rings is 2. The zero-order valence-electron chi connectivity index (χ0n) is 17.5. The number of nitrogens with one attached hydrogen (secondary N) is 1. The molecule has 0 amide bonds. The summed E-state index contributed by atoms with van der Waals surface area (Å²) in [7, 11) is 1.71. The molecule has 2 aromatic rings. The minimum atomic E-state index is -0.122. The molecular weight excluding hydrogens is 364 g/mol. The smallest absolute Gasteiger partial charge is 0.307 e. The lowest BCUT2D eigenvalue weighted by Crippen LogP contribution is -2.48. The number of hydrogen-bond donors (Lipinski definition) is 1. The normalized spacial score (nSPS) is 19.7. The predicted molar refractivity (Wildman–Crippen MR) is 115 cm³/mol. The number of para-hydroxylation sites is 1. The molecule has 0 aliphatic carbocycles. The maximum absolute atomic E-state index is 11.9. The number of rotatable bonds is 9. The Balaban J connectivity index is 1.74. The van der Waals surface area contributed by atoms with Crippen molar-refractivity contribution >= 4 is 5.97 Å². The molecule has 1 fully saturated rings. The van der Waals surface area contributed by atoms with Gasteiger partial charge in [0, 0.05) is 24.7 Å². The maximum Gasteiger partial charge on any atom is 0.307 e. The van der Waals surface area contributed by atoms with Gasteiger partial charge in [-0.05, 0) is 37.9 Å². The van der Waals surface area contributed by atoms with Gasteiger partial charge in [-0.15, -0.1) is 0 Å². The van der Waals surface area contributed by atoms with Crippen LogP contribution in [0.25, 0.3) is 0 Å². The second-order valence-electron chi connectivity index (χ2n) is 7.39. The Morgan fingerprint density at radius 3 is 2.66 bits per heavy atom. The van der Waals surface area contributed by atoms with Crippen molar-refractivity contribution in [2.75, 3.05) is 26.8 Å². The average Bonchev–Trinajstić information content (AvgIpc) is 2.77. The first kappa shape index (κ1) is 21.3. The summed E-state index contributed by atoms with van der Waals surface area (Å²) >= 11 is 0. The Morgan fingerprint density at radius 1 is 1.14 bits per heavy atom. The van der Waals surface area contributed by atoms with E-state index in [-0.39, 0.29) is 12.0 Å². The second-order valence-corrected chi connectivity index (χ2v) is 7.39. The van der Waals surface area contributed by atoms with Crippen LogP contribution in [0, 0.1) is 0 Å². The van der Waals surface area contributed by atoms with Gasteiger partial charge < -0.3 is 14.8 Å². The molecule has 5 heteroatoms. The summed E-state index contributed by atoms with van der Waals surface area (Å²) in [5, 5.41) is 3.77. The number of likely N-dealkylation sites (tertiary alicyclic amines) is 1. The molecule has 1 N–H and O–H groups in total. The largest absolute Gasteiger partial charge is 0.496 e. The third kappa shape index (κ3) is 5.81. The number of piperidine rings is 1. The van der Waals surface area contributed by atoms with Crippen LogP contribution in [0.4, 0.5) is 0 Å². The lowest BCUT2D eigenvalue weighted by Gasteiger charge is -2.42. The summed E-state index contributed by atoms with van der Waals surface area (Å²) in [4.78, 5) is 14.3. The molecule has 0 bridgehead atoms. The van der Waals surface area contributed by atoms with Crippen LogP contribution in [-0.4, -0.2) is 43.7 Å². The van der Waals surface area contributed by atoms with Crippen molar-refractivity contribution < 1.29 is 14.3 Å². The molecule has 0 saturated carbocycles. The first-order valence-electron chi connectivity index (χ1n) is 10.5. The molecule has 2 atom stereocenters. The monoisotopic (exact) mass is 396 g/mol. The summed E-state index contributed by atoms with van der Waals surface area (Å²) in [5.74, 6) is 0.787. The molecule has 1 saturated heterocycles. The van der Waals surface area contributed by atoms with Crippen LogP contribution in [0.15, 0.2) is 54.6 Å². The van der Waals surface area contributed by atoms with Crippen molar-refractivity contribution in [1.82, 2.24) is 10.2 Å². The van der Waals surface area contributed by atoms with Crippen molar-refractivity contribution in [2.45, 2.75) is 44.8 Å². The van der Waals surface area contributed by atoms with Crippen LogP contribution in [-0.2, 0) is 16.1 Å². The number of methoxy groups -OCH3 is 1. The highest BCUT2D eigenvalue weighted by molar-refractivity contribution is 5.69. The van der Waals surface area contributed by atoms with Gasteiger partial charge in [-0.25, -0.2) is 0 Å². The van der Waals surface area contributed by atoms with Crippen LogP contribution < -0.4 is 10.1 Å². The molecule has 0 spiro atoms. The SMILES string of the molecule is CCOC(=O)CCN1CCCC(NCc2ccccc2OC)C1c1ccccc1. The highest BCUT2D eigenvalue weighted by Gasteiger charge is 2.32. The quantitative estimate of drug-likeness (QED) is 0.651. The zero-order valence-corrected chi connectivity index (χ0v) is 17.5. The van der Waals surface area contributed by atoms with Gasteiger partial charge in [0.25, 0.3) is 0 Å². The van der Waals surface area contributed by atoms with E-state index in [4.69, 9.17) is 9.47 Å². The molecule has 5 nitrogen and oxygen atoms in total. The Labute approximate surface area is 174 Å². The molecule has 2 aromatic carbocycles. The van der Waals surface area contributed by atoms with Gasteiger partial charge in [0.1, 0.15) is 5.75 Å². The van der Waals surface area contributed by atoms with E-state index in [0.29, 0.717) is 25.6 Å². The first-order valence-corrected chi connectivity index (χ1v) is 10.5. The van der Waals surface area contributed by atoms with Gasteiger partial charge in [-0.2, -0.15) is 0 Å². The molecule has 156 valence electrons. The fourth-order valence-electron chi connectivity index (χ4n) is 4.18. The molecular formula is C24H32N2O3. The van der Waals surface area contributed by atoms with Crippen LogP contribution >= 0.6 is 0 Å². The molecule has 1 aliphatic rings. The Hall–Kier alpha value is -2.37. The minimum absolute atomic E-state index is 0.122. The molecule has 1 heterocycles. The van der Waals surface area contributed by atoms with Crippen molar-refractivity contribution in [3.8, 4) is 5.75 Å². The lowest BCUT2D eigenvalue weighted by molar-refractivity contribution is -0.143. The highest BCUT2D eigenvalue weighted by Crippen LogP contribution is 2.32. The molecule has 0 radical (unpaired) electrons. The molecule has 2 unspecified atom stereocenters. The summed E-state index contributed by atoms with van der Waals surface area (Å²) in [6.07, 6.45) is 2.64.